The highest BCUT2D eigenvalue weighted by Crippen LogP contribution is 2.37. The van der Waals surface area contributed by atoms with Gasteiger partial charge >= 0.3 is 12.1 Å². The molecule has 2 rings (SSSR count). The summed E-state index contributed by atoms with van der Waals surface area (Å²) in [5.74, 6) is 0.584. The van der Waals surface area contributed by atoms with Crippen LogP contribution in [-0.2, 0) is 20.9 Å². The Balaban J connectivity index is 0.00000122. The summed E-state index contributed by atoms with van der Waals surface area (Å²) in [5.41, 5.74) is 1.73. The Morgan fingerprint density at radius 3 is 2.14 bits per heavy atom. The number of rotatable bonds is 4. The molecule has 0 atom stereocenters. The molecule has 1 aromatic carbocycles. The Morgan fingerprint density at radius 1 is 1.07 bits per heavy atom. The number of esters is 1. The van der Waals surface area contributed by atoms with Gasteiger partial charge in [-0.1, -0.05) is 32.9 Å². The van der Waals surface area contributed by atoms with E-state index in [9.17, 15) is 4.79 Å². The Bertz CT molecular complexity index is 656. The molecular weight excluding hydrogens is 354 g/mol. The number of nitrogens with one attached hydrogen (secondary N) is 1. The first-order valence-electron chi connectivity index (χ1n) is 10.0. The molecule has 0 radical (unpaired) electrons. The highest BCUT2D eigenvalue weighted by molar-refractivity contribution is 5.89. The molecule has 0 amide bonds. The molecule has 0 heterocycles. The van der Waals surface area contributed by atoms with Gasteiger partial charge in [0.25, 0.3) is 0 Å². The maximum Gasteiger partial charge on any atom is 0.373 e. The Kier molecular flexibility index (Phi) is 9.06. The molecule has 28 heavy (non-hydrogen) atoms. The molecule has 5 nitrogen and oxygen atoms in total. The molecule has 0 unspecified atom stereocenters. The average molecular weight is 390 g/mol. The Hall–Kier alpha value is -1.97. The molecule has 0 aromatic heterocycles. The molecule has 1 fully saturated rings. The number of hydrogen-bond donors (Lipinski definition) is 1. The fourth-order valence-electron chi connectivity index (χ4n) is 3.57. The zero-order valence-electron chi connectivity index (χ0n) is 18.1. The molecule has 0 aliphatic heterocycles. The number of ether oxygens (including phenoxy) is 1. The van der Waals surface area contributed by atoms with Crippen LogP contribution in [0, 0.1) is 11.3 Å². The van der Waals surface area contributed by atoms with E-state index in [2.05, 4.69) is 32.2 Å². The highest BCUT2D eigenvalue weighted by Gasteiger charge is 2.29. The fraction of sp³-hybridized carbons (Fsp3) is 0.652. The molecule has 1 aromatic rings. The van der Waals surface area contributed by atoms with Crippen LogP contribution in [0.2, 0.25) is 0 Å². The monoisotopic (exact) mass is 389 g/mol. The van der Waals surface area contributed by atoms with Crippen LogP contribution in [-0.4, -0.2) is 23.8 Å². The number of hydrogen-bond acceptors (Lipinski definition) is 5. The predicted octanol–water partition coefficient (Wildman–Crippen LogP) is 4.75. The standard InChI is InChI=1S/C22H35NO2.CO2/c1-21(2,3)18-10-12-19(13-11-18)23-15-16-8-7-9-17(14-16)20(24)25-22(4,5)6;2-1-3/h7-9,14,18-19,23H,10-13,15H2,1-6H3;. The Morgan fingerprint density at radius 2 is 1.64 bits per heavy atom. The minimum atomic E-state index is -0.461. The molecule has 0 spiro atoms. The van der Waals surface area contributed by atoms with Gasteiger partial charge in [0.2, 0.25) is 0 Å². The summed E-state index contributed by atoms with van der Waals surface area (Å²) in [5, 5.41) is 3.67. The lowest BCUT2D eigenvalue weighted by atomic mass is 9.71. The van der Waals surface area contributed by atoms with Gasteiger partial charge in [0.1, 0.15) is 5.60 Å². The molecule has 1 N–H and O–H groups in total. The maximum absolute atomic E-state index is 12.2. The van der Waals surface area contributed by atoms with Crippen LogP contribution in [0.4, 0.5) is 0 Å². The second-order valence-electron chi connectivity index (χ2n) is 9.58. The van der Waals surface area contributed by atoms with Crippen molar-refractivity contribution in [1.29, 1.82) is 0 Å². The van der Waals surface area contributed by atoms with Crippen LogP contribution in [0.3, 0.4) is 0 Å². The lowest BCUT2D eigenvalue weighted by Crippen LogP contribution is -2.35. The lowest BCUT2D eigenvalue weighted by molar-refractivity contribution is -0.191. The predicted molar refractivity (Wildman–Crippen MR) is 109 cm³/mol. The van der Waals surface area contributed by atoms with E-state index < -0.39 is 5.60 Å². The van der Waals surface area contributed by atoms with Crippen molar-refractivity contribution < 1.29 is 19.1 Å². The van der Waals surface area contributed by atoms with Gasteiger partial charge in [-0.2, -0.15) is 9.59 Å². The molecule has 1 aliphatic rings. The van der Waals surface area contributed by atoms with E-state index in [1.807, 2.05) is 39.0 Å². The van der Waals surface area contributed by atoms with Crippen molar-refractivity contribution in [2.45, 2.75) is 85.4 Å². The van der Waals surface area contributed by atoms with Crippen LogP contribution in [0.5, 0.6) is 0 Å². The molecular formula is C23H35NO4. The summed E-state index contributed by atoms with van der Waals surface area (Å²) >= 11 is 0. The largest absolute Gasteiger partial charge is 0.456 e. The molecule has 0 saturated heterocycles. The van der Waals surface area contributed by atoms with Crippen molar-refractivity contribution in [3.05, 3.63) is 35.4 Å². The van der Waals surface area contributed by atoms with Crippen LogP contribution in [0.25, 0.3) is 0 Å². The molecule has 156 valence electrons. The summed E-state index contributed by atoms with van der Waals surface area (Å²) in [7, 11) is 0. The van der Waals surface area contributed by atoms with E-state index in [-0.39, 0.29) is 12.1 Å². The third kappa shape index (κ3) is 8.81. The smallest absolute Gasteiger partial charge is 0.373 e. The van der Waals surface area contributed by atoms with Crippen LogP contribution in [0.15, 0.2) is 24.3 Å². The third-order valence-corrected chi connectivity index (χ3v) is 5.11. The lowest BCUT2D eigenvalue weighted by Gasteiger charge is -2.37. The summed E-state index contributed by atoms with van der Waals surface area (Å²) in [6.07, 6.45) is 5.35. The van der Waals surface area contributed by atoms with Crippen LogP contribution < -0.4 is 5.32 Å². The molecule has 0 bridgehead atoms. The van der Waals surface area contributed by atoms with Gasteiger partial charge in [0.15, 0.2) is 0 Å². The molecule has 1 saturated carbocycles. The van der Waals surface area contributed by atoms with Gasteiger partial charge in [-0.15, -0.1) is 0 Å². The number of carbonyl (C=O) groups excluding carboxylic acids is 3. The summed E-state index contributed by atoms with van der Waals surface area (Å²) in [6, 6.07) is 8.37. The second-order valence-corrected chi connectivity index (χ2v) is 9.58. The van der Waals surface area contributed by atoms with Crippen molar-refractivity contribution in [1.82, 2.24) is 5.32 Å². The van der Waals surface area contributed by atoms with Gasteiger partial charge in [-0.25, -0.2) is 4.79 Å². The highest BCUT2D eigenvalue weighted by atomic mass is 16.6. The van der Waals surface area contributed by atoms with Crippen LogP contribution >= 0.6 is 0 Å². The van der Waals surface area contributed by atoms with Crippen molar-refractivity contribution >= 4 is 12.1 Å². The van der Waals surface area contributed by atoms with E-state index >= 15 is 0 Å². The maximum atomic E-state index is 12.2. The van der Waals surface area contributed by atoms with Crippen molar-refractivity contribution in [2.75, 3.05) is 0 Å². The van der Waals surface area contributed by atoms with E-state index in [0.29, 0.717) is 17.0 Å². The Labute approximate surface area is 169 Å². The SMILES string of the molecule is CC(C)(C)OC(=O)c1cccc(CNC2CCC(C(C)(C)C)CC2)c1.O=C=O. The quantitative estimate of drug-likeness (QED) is 0.752. The van der Waals surface area contributed by atoms with Gasteiger partial charge in [0, 0.05) is 12.6 Å². The summed E-state index contributed by atoms with van der Waals surface area (Å²) in [6.45, 7) is 13.6. The molecule has 1 aliphatic carbocycles. The summed E-state index contributed by atoms with van der Waals surface area (Å²) < 4.78 is 5.46. The van der Waals surface area contributed by atoms with E-state index in [0.717, 1.165) is 18.0 Å². The first-order chi connectivity index (χ1) is 13.0. The minimum absolute atomic E-state index is 0.250. The zero-order valence-corrected chi connectivity index (χ0v) is 18.1. The topological polar surface area (TPSA) is 72.5 Å². The van der Waals surface area contributed by atoms with Crippen LogP contribution in [0.1, 0.15) is 83.1 Å². The van der Waals surface area contributed by atoms with E-state index in [1.165, 1.54) is 25.7 Å². The fourth-order valence-corrected chi connectivity index (χ4v) is 3.57. The second kappa shape index (κ2) is 10.5. The first-order valence-corrected chi connectivity index (χ1v) is 10.0. The zero-order chi connectivity index (χ0) is 21.4. The van der Waals surface area contributed by atoms with Crippen molar-refractivity contribution in [3.8, 4) is 0 Å². The van der Waals surface area contributed by atoms with E-state index in [4.69, 9.17) is 14.3 Å². The summed E-state index contributed by atoms with van der Waals surface area (Å²) in [4.78, 5) is 28.5. The van der Waals surface area contributed by atoms with Gasteiger partial charge < -0.3 is 10.1 Å². The minimum Gasteiger partial charge on any atom is -0.456 e. The number of benzene rings is 1. The van der Waals surface area contributed by atoms with Gasteiger partial charge in [0.05, 0.1) is 5.56 Å². The first kappa shape index (κ1) is 24.1. The average Bonchev–Trinajstić information content (AvgIpc) is 2.59. The van der Waals surface area contributed by atoms with E-state index in [1.54, 1.807) is 0 Å². The number of carbonyl (C=O) groups is 1. The third-order valence-electron chi connectivity index (χ3n) is 5.11. The molecule has 5 heteroatoms. The van der Waals surface area contributed by atoms with Crippen molar-refractivity contribution in [2.24, 2.45) is 11.3 Å². The van der Waals surface area contributed by atoms with Crippen molar-refractivity contribution in [3.63, 3.8) is 0 Å². The van der Waals surface area contributed by atoms with Gasteiger partial charge in [-0.3, -0.25) is 0 Å². The van der Waals surface area contributed by atoms with Gasteiger partial charge in [-0.05, 0) is 75.5 Å². The normalized spacial score (nSPS) is 19.8.